The molecule has 0 spiro atoms. The first-order valence-electron chi connectivity index (χ1n) is 7.82. The molecule has 1 aliphatic rings. The van der Waals surface area contributed by atoms with E-state index in [1.54, 1.807) is 0 Å². The molecule has 2 rings (SSSR count). The minimum atomic E-state index is 0. The van der Waals surface area contributed by atoms with Gasteiger partial charge in [0.2, 0.25) is 0 Å². The van der Waals surface area contributed by atoms with E-state index < -0.39 is 0 Å². The number of guanidine groups is 1. The number of hydrogen-bond acceptors (Lipinski definition) is 2. The van der Waals surface area contributed by atoms with Gasteiger partial charge in [-0.15, -0.1) is 24.0 Å². The van der Waals surface area contributed by atoms with Gasteiger partial charge in [-0.2, -0.15) is 0 Å². The average Bonchev–Trinajstić information content (AvgIpc) is 2.46. The largest absolute Gasteiger partial charge is 0.370 e. The second-order valence-electron chi connectivity index (χ2n) is 6.35. The number of aliphatic imine (C=N–C) groups is 1. The molecule has 1 aromatic rings. The minimum Gasteiger partial charge on any atom is -0.370 e. The molecule has 1 aromatic carbocycles. The SMILES string of the molecule is CC1CCN(C(N)=NCc2ccccc2CN(C)C)CC1.I. The first kappa shape index (κ1) is 19.2. The van der Waals surface area contributed by atoms with Crippen molar-refractivity contribution in [2.75, 3.05) is 27.2 Å². The van der Waals surface area contributed by atoms with E-state index in [0.717, 1.165) is 25.6 Å². The normalized spacial score (nSPS) is 16.7. The third-order valence-corrected chi connectivity index (χ3v) is 4.12. The van der Waals surface area contributed by atoms with Gasteiger partial charge >= 0.3 is 0 Å². The van der Waals surface area contributed by atoms with Crippen molar-refractivity contribution in [3.05, 3.63) is 35.4 Å². The van der Waals surface area contributed by atoms with Crippen LogP contribution in [0.3, 0.4) is 0 Å². The van der Waals surface area contributed by atoms with Gasteiger partial charge in [0.1, 0.15) is 0 Å². The van der Waals surface area contributed by atoms with Crippen molar-refractivity contribution in [1.82, 2.24) is 9.80 Å². The second-order valence-corrected chi connectivity index (χ2v) is 6.35. The Morgan fingerprint density at radius 2 is 1.82 bits per heavy atom. The van der Waals surface area contributed by atoms with Crippen LogP contribution in [0.25, 0.3) is 0 Å². The molecule has 4 nitrogen and oxygen atoms in total. The molecule has 124 valence electrons. The zero-order valence-electron chi connectivity index (χ0n) is 14.0. The standard InChI is InChI=1S/C17H28N4.HI/c1-14-8-10-21(11-9-14)17(18)19-12-15-6-4-5-7-16(15)13-20(2)3;/h4-7,14H,8-13H2,1-3H3,(H2,18,19);1H. The Balaban J connectivity index is 0.00000242. The van der Waals surface area contributed by atoms with Crippen LogP contribution >= 0.6 is 24.0 Å². The average molecular weight is 416 g/mol. The minimum absolute atomic E-state index is 0. The summed E-state index contributed by atoms with van der Waals surface area (Å²) in [6.07, 6.45) is 2.43. The van der Waals surface area contributed by atoms with E-state index in [1.165, 1.54) is 24.0 Å². The predicted octanol–water partition coefficient (Wildman–Crippen LogP) is 2.91. The van der Waals surface area contributed by atoms with Crippen molar-refractivity contribution in [3.8, 4) is 0 Å². The van der Waals surface area contributed by atoms with Crippen LogP contribution < -0.4 is 5.73 Å². The van der Waals surface area contributed by atoms with Crippen molar-refractivity contribution in [3.63, 3.8) is 0 Å². The monoisotopic (exact) mass is 416 g/mol. The van der Waals surface area contributed by atoms with Gasteiger partial charge in [0.25, 0.3) is 0 Å². The molecule has 1 heterocycles. The Morgan fingerprint density at radius 1 is 1.23 bits per heavy atom. The highest BCUT2D eigenvalue weighted by molar-refractivity contribution is 14.0. The number of rotatable bonds is 4. The lowest BCUT2D eigenvalue weighted by Gasteiger charge is -2.31. The zero-order chi connectivity index (χ0) is 15.2. The van der Waals surface area contributed by atoms with Gasteiger partial charge in [0, 0.05) is 19.6 Å². The van der Waals surface area contributed by atoms with E-state index in [-0.39, 0.29) is 24.0 Å². The van der Waals surface area contributed by atoms with Gasteiger partial charge in [0.15, 0.2) is 5.96 Å². The van der Waals surface area contributed by atoms with Gasteiger partial charge in [-0.3, -0.25) is 0 Å². The Hall–Kier alpha value is -0.820. The zero-order valence-corrected chi connectivity index (χ0v) is 16.3. The van der Waals surface area contributed by atoms with Crippen molar-refractivity contribution < 1.29 is 0 Å². The maximum atomic E-state index is 6.16. The molecule has 0 bridgehead atoms. The summed E-state index contributed by atoms with van der Waals surface area (Å²) >= 11 is 0. The molecule has 2 N–H and O–H groups in total. The molecule has 1 aliphatic heterocycles. The summed E-state index contributed by atoms with van der Waals surface area (Å²) in [6.45, 7) is 5.99. The highest BCUT2D eigenvalue weighted by Crippen LogP contribution is 2.16. The maximum Gasteiger partial charge on any atom is 0.191 e. The fraction of sp³-hybridized carbons (Fsp3) is 0.588. The van der Waals surface area contributed by atoms with Crippen molar-refractivity contribution in [2.45, 2.75) is 32.9 Å². The first-order valence-corrected chi connectivity index (χ1v) is 7.82. The molecule has 0 amide bonds. The summed E-state index contributed by atoms with van der Waals surface area (Å²) in [5.74, 6) is 1.51. The predicted molar refractivity (Wildman–Crippen MR) is 105 cm³/mol. The summed E-state index contributed by atoms with van der Waals surface area (Å²) in [6, 6.07) is 8.47. The number of likely N-dealkylation sites (tertiary alicyclic amines) is 1. The van der Waals surface area contributed by atoms with Crippen LogP contribution in [0.4, 0.5) is 0 Å². The lowest BCUT2D eigenvalue weighted by molar-refractivity contribution is 0.277. The summed E-state index contributed by atoms with van der Waals surface area (Å²) < 4.78 is 0. The smallest absolute Gasteiger partial charge is 0.191 e. The highest BCUT2D eigenvalue weighted by atomic mass is 127. The van der Waals surface area contributed by atoms with Crippen molar-refractivity contribution >= 4 is 29.9 Å². The van der Waals surface area contributed by atoms with Gasteiger partial charge in [-0.1, -0.05) is 31.2 Å². The van der Waals surface area contributed by atoms with E-state index in [4.69, 9.17) is 5.73 Å². The molecule has 0 radical (unpaired) electrons. The maximum absolute atomic E-state index is 6.16. The van der Waals surface area contributed by atoms with Crippen molar-refractivity contribution in [1.29, 1.82) is 0 Å². The van der Waals surface area contributed by atoms with Crippen LogP contribution in [0, 0.1) is 5.92 Å². The van der Waals surface area contributed by atoms with Gasteiger partial charge in [0.05, 0.1) is 6.54 Å². The Labute approximate surface area is 151 Å². The quantitative estimate of drug-likeness (QED) is 0.467. The Morgan fingerprint density at radius 3 is 2.41 bits per heavy atom. The van der Waals surface area contributed by atoms with Crippen LogP contribution in [0.1, 0.15) is 30.9 Å². The lowest BCUT2D eigenvalue weighted by atomic mass is 10.00. The van der Waals surface area contributed by atoms with Crippen LogP contribution in [0.2, 0.25) is 0 Å². The van der Waals surface area contributed by atoms with Crippen LogP contribution in [-0.2, 0) is 13.1 Å². The molecular weight excluding hydrogens is 387 g/mol. The van der Waals surface area contributed by atoms with E-state index >= 15 is 0 Å². The molecule has 1 saturated heterocycles. The van der Waals surface area contributed by atoms with Gasteiger partial charge in [-0.25, -0.2) is 4.99 Å². The van der Waals surface area contributed by atoms with Crippen molar-refractivity contribution in [2.24, 2.45) is 16.6 Å². The molecule has 0 aliphatic carbocycles. The number of hydrogen-bond donors (Lipinski definition) is 1. The van der Waals surface area contributed by atoms with E-state index in [9.17, 15) is 0 Å². The van der Waals surface area contributed by atoms with Gasteiger partial charge < -0.3 is 15.5 Å². The summed E-state index contributed by atoms with van der Waals surface area (Å²) in [7, 11) is 4.17. The van der Waals surface area contributed by atoms with Gasteiger partial charge in [-0.05, 0) is 44.0 Å². The fourth-order valence-electron chi connectivity index (χ4n) is 2.71. The Bertz CT molecular complexity index is 479. The number of nitrogens with two attached hydrogens (primary N) is 1. The number of benzene rings is 1. The molecule has 0 unspecified atom stereocenters. The molecule has 5 heteroatoms. The second kappa shape index (κ2) is 9.35. The van der Waals surface area contributed by atoms with E-state index in [2.05, 4.69) is 60.1 Å². The summed E-state index contributed by atoms with van der Waals surface area (Å²) in [4.78, 5) is 9.01. The fourth-order valence-corrected chi connectivity index (χ4v) is 2.71. The summed E-state index contributed by atoms with van der Waals surface area (Å²) in [5.41, 5.74) is 8.75. The highest BCUT2D eigenvalue weighted by Gasteiger charge is 2.16. The van der Waals surface area contributed by atoms with Crippen LogP contribution in [-0.4, -0.2) is 42.9 Å². The lowest BCUT2D eigenvalue weighted by Crippen LogP contribution is -2.42. The van der Waals surface area contributed by atoms with E-state index in [0.29, 0.717) is 12.5 Å². The Kier molecular flexibility index (Phi) is 8.17. The number of halogens is 1. The van der Waals surface area contributed by atoms with E-state index in [1.807, 2.05) is 0 Å². The topological polar surface area (TPSA) is 44.9 Å². The molecule has 0 atom stereocenters. The molecule has 22 heavy (non-hydrogen) atoms. The molecular formula is C17H29IN4. The number of nitrogens with zero attached hydrogens (tertiary/aromatic N) is 3. The molecule has 1 fully saturated rings. The summed E-state index contributed by atoms with van der Waals surface area (Å²) in [5, 5.41) is 0. The third-order valence-electron chi connectivity index (χ3n) is 4.12. The molecule has 0 saturated carbocycles. The number of piperidine rings is 1. The molecule has 0 aromatic heterocycles. The van der Waals surface area contributed by atoms with Crippen LogP contribution in [0.15, 0.2) is 29.3 Å². The van der Waals surface area contributed by atoms with Crippen LogP contribution in [0.5, 0.6) is 0 Å². The first-order chi connectivity index (χ1) is 10.1. The third kappa shape index (κ3) is 5.76.